The van der Waals surface area contributed by atoms with Gasteiger partial charge in [0, 0.05) is 6.61 Å². The minimum absolute atomic E-state index is 0.0185. The second-order valence-corrected chi connectivity index (χ2v) is 4.80. The molecule has 2 rings (SSSR count). The third kappa shape index (κ3) is 4.40. The number of aromatic carboxylic acids is 1. The molecule has 0 bridgehead atoms. The Bertz CT molecular complexity index is 666. The third-order valence-electron chi connectivity index (χ3n) is 3.28. The molecule has 23 heavy (non-hydrogen) atoms. The Kier molecular flexibility index (Phi) is 5.88. The highest BCUT2D eigenvalue weighted by Gasteiger charge is 2.19. The van der Waals surface area contributed by atoms with Crippen molar-refractivity contribution in [2.75, 3.05) is 13.2 Å². The maximum absolute atomic E-state index is 12.2. The number of rotatable bonds is 7. The molecule has 1 unspecified atom stereocenters. The highest BCUT2D eigenvalue weighted by molar-refractivity contribution is 6.02. The first-order valence-corrected chi connectivity index (χ1v) is 7.29. The van der Waals surface area contributed by atoms with E-state index in [-0.39, 0.29) is 23.8 Å². The van der Waals surface area contributed by atoms with Gasteiger partial charge < -0.3 is 14.6 Å². The average Bonchev–Trinajstić information content (AvgIpc) is 2.59. The summed E-state index contributed by atoms with van der Waals surface area (Å²) in [7, 11) is 0. The van der Waals surface area contributed by atoms with E-state index in [4.69, 9.17) is 14.6 Å². The molecule has 0 aliphatic heterocycles. The van der Waals surface area contributed by atoms with Gasteiger partial charge in [0.25, 0.3) is 0 Å². The Morgan fingerprint density at radius 1 is 1.00 bits per heavy atom. The first-order chi connectivity index (χ1) is 11.1. The van der Waals surface area contributed by atoms with E-state index in [2.05, 4.69) is 0 Å². The largest absolute Gasteiger partial charge is 0.478 e. The summed E-state index contributed by atoms with van der Waals surface area (Å²) in [6, 6.07) is 15.4. The van der Waals surface area contributed by atoms with Crippen molar-refractivity contribution in [2.45, 2.75) is 13.0 Å². The molecule has 2 aromatic carbocycles. The Morgan fingerprint density at radius 2 is 1.61 bits per heavy atom. The minimum atomic E-state index is -1.16. The first-order valence-electron chi connectivity index (χ1n) is 7.29. The molecule has 5 heteroatoms. The van der Waals surface area contributed by atoms with E-state index in [1.165, 1.54) is 12.1 Å². The van der Waals surface area contributed by atoms with Crippen molar-refractivity contribution in [2.24, 2.45) is 0 Å². The normalized spacial score (nSPS) is 11.7. The molecular weight excluding hydrogens is 296 g/mol. The number of hydrogen-bond acceptors (Lipinski definition) is 4. The molecule has 0 heterocycles. The zero-order valence-electron chi connectivity index (χ0n) is 12.8. The van der Waals surface area contributed by atoms with Gasteiger partial charge in [0.2, 0.25) is 0 Å². The average molecular weight is 314 g/mol. The van der Waals surface area contributed by atoms with Gasteiger partial charge in [-0.05, 0) is 24.6 Å². The first kappa shape index (κ1) is 16.7. The Morgan fingerprint density at radius 3 is 2.22 bits per heavy atom. The van der Waals surface area contributed by atoms with E-state index in [0.29, 0.717) is 6.61 Å². The lowest BCUT2D eigenvalue weighted by Gasteiger charge is -2.17. The summed E-state index contributed by atoms with van der Waals surface area (Å²) in [6.07, 6.45) is -0.387. The van der Waals surface area contributed by atoms with Crippen molar-refractivity contribution in [1.29, 1.82) is 0 Å². The van der Waals surface area contributed by atoms with Gasteiger partial charge in [-0.25, -0.2) is 9.59 Å². The monoisotopic (exact) mass is 314 g/mol. The lowest BCUT2D eigenvalue weighted by atomic mass is 10.1. The van der Waals surface area contributed by atoms with E-state index in [9.17, 15) is 9.59 Å². The summed E-state index contributed by atoms with van der Waals surface area (Å²) in [4.78, 5) is 23.3. The van der Waals surface area contributed by atoms with Gasteiger partial charge >= 0.3 is 11.9 Å². The van der Waals surface area contributed by atoms with Crippen LogP contribution in [0.3, 0.4) is 0 Å². The fraction of sp³-hybridized carbons (Fsp3) is 0.222. The molecule has 2 aromatic rings. The van der Waals surface area contributed by atoms with Crippen LogP contribution in [0.1, 0.15) is 39.3 Å². The molecule has 1 N–H and O–H groups in total. The summed E-state index contributed by atoms with van der Waals surface area (Å²) >= 11 is 0. The van der Waals surface area contributed by atoms with E-state index < -0.39 is 11.9 Å². The molecule has 0 spiro atoms. The van der Waals surface area contributed by atoms with Crippen LogP contribution in [0.25, 0.3) is 0 Å². The number of carboxylic acid groups (broad SMARTS) is 1. The fourth-order valence-corrected chi connectivity index (χ4v) is 2.19. The number of benzene rings is 2. The Hall–Kier alpha value is -2.66. The number of carbonyl (C=O) groups is 2. The molecule has 0 radical (unpaired) electrons. The van der Waals surface area contributed by atoms with E-state index in [1.54, 1.807) is 12.1 Å². The molecule has 0 saturated carbocycles. The number of ether oxygens (including phenoxy) is 2. The van der Waals surface area contributed by atoms with Crippen LogP contribution in [0, 0.1) is 0 Å². The van der Waals surface area contributed by atoms with Crippen LogP contribution in [0.4, 0.5) is 0 Å². The van der Waals surface area contributed by atoms with Gasteiger partial charge in [0.15, 0.2) is 0 Å². The van der Waals surface area contributed by atoms with Gasteiger partial charge in [0.1, 0.15) is 12.7 Å². The number of hydrogen-bond donors (Lipinski definition) is 1. The summed E-state index contributed by atoms with van der Waals surface area (Å²) in [5.41, 5.74) is 0.849. The fourth-order valence-electron chi connectivity index (χ4n) is 2.19. The lowest BCUT2D eigenvalue weighted by Crippen LogP contribution is -2.17. The molecule has 5 nitrogen and oxygen atoms in total. The SMILES string of the molecule is CCOC(COC(=O)c1ccccc1C(=O)O)c1ccccc1. The predicted molar refractivity (Wildman–Crippen MR) is 84.5 cm³/mol. The maximum Gasteiger partial charge on any atom is 0.339 e. The molecular formula is C18H18O5. The van der Waals surface area contributed by atoms with E-state index in [1.807, 2.05) is 37.3 Å². The number of carboxylic acids is 1. The summed E-state index contributed by atoms with van der Waals surface area (Å²) in [6.45, 7) is 2.35. The number of esters is 1. The molecule has 0 saturated heterocycles. The van der Waals surface area contributed by atoms with E-state index >= 15 is 0 Å². The Labute approximate surface area is 134 Å². The third-order valence-corrected chi connectivity index (χ3v) is 3.28. The molecule has 0 aromatic heterocycles. The number of carbonyl (C=O) groups excluding carboxylic acids is 1. The van der Waals surface area contributed by atoms with Crippen LogP contribution in [0.5, 0.6) is 0 Å². The van der Waals surface area contributed by atoms with Gasteiger partial charge in [-0.2, -0.15) is 0 Å². The smallest absolute Gasteiger partial charge is 0.339 e. The maximum atomic E-state index is 12.2. The van der Waals surface area contributed by atoms with Crippen LogP contribution in [-0.2, 0) is 9.47 Å². The zero-order valence-corrected chi connectivity index (χ0v) is 12.8. The van der Waals surface area contributed by atoms with Gasteiger partial charge in [-0.1, -0.05) is 42.5 Å². The van der Waals surface area contributed by atoms with Crippen molar-refractivity contribution in [3.63, 3.8) is 0 Å². The van der Waals surface area contributed by atoms with Crippen LogP contribution < -0.4 is 0 Å². The highest BCUT2D eigenvalue weighted by atomic mass is 16.6. The highest BCUT2D eigenvalue weighted by Crippen LogP contribution is 2.19. The summed E-state index contributed by atoms with van der Waals surface area (Å²) < 4.78 is 10.9. The van der Waals surface area contributed by atoms with Crippen LogP contribution >= 0.6 is 0 Å². The van der Waals surface area contributed by atoms with Crippen molar-refractivity contribution < 1.29 is 24.2 Å². The Balaban J connectivity index is 2.09. The zero-order chi connectivity index (χ0) is 16.7. The molecule has 0 fully saturated rings. The quantitative estimate of drug-likeness (QED) is 0.794. The molecule has 120 valence electrons. The van der Waals surface area contributed by atoms with Gasteiger partial charge in [-0.3, -0.25) is 0 Å². The van der Waals surface area contributed by atoms with Crippen LogP contribution in [-0.4, -0.2) is 30.3 Å². The molecule has 1 atom stereocenters. The van der Waals surface area contributed by atoms with Gasteiger partial charge in [-0.15, -0.1) is 0 Å². The van der Waals surface area contributed by atoms with Crippen molar-refractivity contribution in [1.82, 2.24) is 0 Å². The molecule has 0 amide bonds. The second-order valence-electron chi connectivity index (χ2n) is 4.80. The summed E-state index contributed by atoms with van der Waals surface area (Å²) in [5, 5.41) is 9.12. The standard InChI is InChI=1S/C18H18O5/c1-2-22-16(13-8-4-3-5-9-13)12-23-18(21)15-11-7-6-10-14(15)17(19)20/h3-11,16H,2,12H2,1H3,(H,19,20). The van der Waals surface area contributed by atoms with Crippen LogP contribution in [0.2, 0.25) is 0 Å². The van der Waals surface area contributed by atoms with Crippen molar-refractivity contribution >= 4 is 11.9 Å². The van der Waals surface area contributed by atoms with E-state index in [0.717, 1.165) is 5.56 Å². The minimum Gasteiger partial charge on any atom is -0.478 e. The second kappa shape index (κ2) is 8.10. The lowest BCUT2D eigenvalue weighted by molar-refractivity contribution is -0.00526. The summed E-state index contributed by atoms with van der Waals surface area (Å²) in [5.74, 6) is -1.84. The molecule has 0 aliphatic rings. The van der Waals surface area contributed by atoms with Gasteiger partial charge in [0.05, 0.1) is 11.1 Å². The predicted octanol–water partition coefficient (Wildman–Crippen LogP) is 3.32. The van der Waals surface area contributed by atoms with Crippen molar-refractivity contribution in [3.05, 3.63) is 71.3 Å². The topological polar surface area (TPSA) is 72.8 Å². The molecule has 0 aliphatic carbocycles. The van der Waals surface area contributed by atoms with Crippen molar-refractivity contribution in [3.8, 4) is 0 Å². The van der Waals surface area contributed by atoms with Crippen LogP contribution in [0.15, 0.2) is 54.6 Å².